The van der Waals surface area contributed by atoms with E-state index >= 15 is 0 Å². The summed E-state index contributed by atoms with van der Waals surface area (Å²) < 4.78 is 27.6. The van der Waals surface area contributed by atoms with Crippen LogP contribution in [0.2, 0.25) is 0 Å². The van der Waals surface area contributed by atoms with Gasteiger partial charge in [0.15, 0.2) is 0 Å². The highest BCUT2D eigenvalue weighted by atomic mass is 32.2. The summed E-state index contributed by atoms with van der Waals surface area (Å²) >= 11 is 4.78. The van der Waals surface area contributed by atoms with E-state index in [-0.39, 0.29) is 17.5 Å². The topological polar surface area (TPSA) is 81.2 Å². The first kappa shape index (κ1) is 15.1. The van der Waals surface area contributed by atoms with Crippen molar-refractivity contribution in [3.63, 3.8) is 0 Å². The van der Waals surface area contributed by atoms with Crippen LogP contribution in [0.15, 0.2) is 17.3 Å². The Balaban J connectivity index is 3.01. The number of nitrogens with zero attached hydrogens (tertiary/aromatic N) is 3. The highest BCUT2D eigenvalue weighted by molar-refractivity contribution is 7.89. The highest BCUT2D eigenvalue weighted by Gasteiger charge is 2.27. The van der Waals surface area contributed by atoms with Gasteiger partial charge in [-0.2, -0.15) is 9.40 Å². The van der Waals surface area contributed by atoms with Crippen LogP contribution in [0.25, 0.3) is 0 Å². The van der Waals surface area contributed by atoms with Crippen LogP contribution in [0, 0.1) is 0 Å². The van der Waals surface area contributed by atoms with E-state index in [1.165, 1.54) is 21.4 Å². The quantitative estimate of drug-likeness (QED) is 0.771. The predicted octanol–water partition coefficient (Wildman–Crippen LogP) is 0.495. The molecule has 0 fully saturated rings. The number of sulfonamides is 1. The van der Waals surface area contributed by atoms with Crippen molar-refractivity contribution in [1.29, 1.82) is 0 Å². The van der Waals surface area contributed by atoms with Crippen LogP contribution >= 0.6 is 12.2 Å². The molecule has 1 heterocycles. The Morgan fingerprint density at radius 3 is 2.61 bits per heavy atom. The van der Waals surface area contributed by atoms with Gasteiger partial charge in [-0.1, -0.05) is 12.2 Å². The Morgan fingerprint density at radius 2 is 2.22 bits per heavy atom. The molecule has 0 saturated carbocycles. The second-order valence-electron chi connectivity index (χ2n) is 4.28. The van der Waals surface area contributed by atoms with Crippen LogP contribution in [-0.4, -0.2) is 40.1 Å². The molecule has 18 heavy (non-hydrogen) atoms. The van der Waals surface area contributed by atoms with Gasteiger partial charge in [-0.05, 0) is 13.8 Å². The molecule has 1 rings (SSSR count). The lowest BCUT2D eigenvalue weighted by Gasteiger charge is -2.24. The zero-order valence-electron chi connectivity index (χ0n) is 10.7. The van der Waals surface area contributed by atoms with E-state index in [9.17, 15) is 8.42 Å². The molecule has 0 atom stereocenters. The average molecular weight is 290 g/mol. The van der Waals surface area contributed by atoms with Gasteiger partial charge < -0.3 is 5.73 Å². The Bertz CT molecular complexity index is 522. The van der Waals surface area contributed by atoms with E-state index in [1.807, 2.05) is 13.8 Å². The molecule has 0 unspecified atom stereocenters. The van der Waals surface area contributed by atoms with Crippen LogP contribution < -0.4 is 5.73 Å². The van der Waals surface area contributed by atoms with E-state index in [4.69, 9.17) is 18.0 Å². The summed E-state index contributed by atoms with van der Waals surface area (Å²) in [4.78, 5) is 0.490. The standard InChI is InChI=1S/C10H18N4O2S2/c1-8(2)14(5-4-10(11)17)18(15,16)9-6-12-13(3)7-9/h6-8H,4-5H2,1-3H3,(H2,11,17). The summed E-state index contributed by atoms with van der Waals surface area (Å²) in [7, 11) is -1.87. The van der Waals surface area contributed by atoms with Crippen LogP contribution in [0.1, 0.15) is 20.3 Å². The maximum atomic E-state index is 12.4. The summed E-state index contributed by atoms with van der Waals surface area (Å²) in [6.45, 7) is 3.91. The summed E-state index contributed by atoms with van der Waals surface area (Å²) in [6, 6.07) is -0.162. The minimum absolute atomic E-state index is 0.162. The molecule has 0 aliphatic rings. The summed E-state index contributed by atoms with van der Waals surface area (Å²) in [5.41, 5.74) is 5.42. The minimum atomic E-state index is -3.54. The van der Waals surface area contributed by atoms with Gasteiger partial charge in [-0.25, -0.2) is 8.42 Å². The Kier molecular flexibility index (Phi) is 4.83. The van der Waals surface area contributed by atoms with E-state index in [2.05, 4.69) is 5.10 Å². The lowest BCUT2D eigenvalue weighted by Crippen LogP contribution is -2.38. The molecule has 1 aromatic heterocycles. The van der Waals surface area contributed by atoms with Gasteiger partial charge in [0.1, 0.15) is 4.90 Å². The molecule has 0 amide bonds. The molecule has 1 aromatic rings. The molecular formula is C10H18N4O2S2. The molecule has 0 aromatic carbocycles. The van der Waals surface area contributed by atoms with Crippen LogP contribution in [-0.2, 0) is 17.1 Å². The van der Waals surface area contributed by atoms with E-state index < -0.39 is 10.0 Å². The maximum absolute atomic E-state index is 12.4. The van der Waals surface area contributed by atoms with Gasteiger partial charge in [0.05, 0.1) is 11.2 Å². The number of aromatic nitrogens is 2. The van der Waals surface area contributed by atoms with Gasteiger partial charge in [0, 0.05) is 32.3 Å². The van der Waals surface area contributed by atoms with Gasteiger partial charge in [0.2, 0.25) is 10.0 Å². The molecule has 102 valence electrons. The lowest BCUT2D eigenvalue weighted by molar-refractivity contribution is 0.362. The maximum Gasteiger partial charge on any atom is 0.246 e. The molecule has 0 aliphatic carbocycles. The molecule has 0 radical (unpaired) electrons. The SMILES string of the molecule is CC(C)N(CCC(N)=S)S(=O)(=O)c1cnn(C)c1. The fourth-order valence-corrected chi connectivity index (χ4v) is 3.26. The van der Waals surface area contributed by atoms with Crippen LogP contribution in [0.4, 0.5) is 0 Å². The Morgan fingerprint density at radius 1 is 1.61 bits per heavy atom. The van der Waals surface area contributed by atoms with Crippen molar-refractivity contribution in [3.8, 4) is 0 Å². The summed E-state index contributed by atoms with van der Waals surface area (Å²) in [6.07, 6.45) is 3.18. The first-order chi connectivity index (χ1) is 8.25. The summed E-state index contributed by atoms with van der Waals surface area (Å²) in [5.74, 6) is 0. The first-order valence-corrected chi connectivity index (χ1v) is 7.38. The largest absolute Gasteiger partial charge is 0.393 e. The van der Waals surface area contributed by atoms with Gasteiger partial charge in [0.25, 0.3) is 0 Å². The number of rotatable bonds is 6. The zero-order valence-corrected chi connectivity index (χ0v) is 12.3. The molecule has 6 nitrogen and oxygen atoms in total. The third-order valence-electron chi connectivity index (χ3n) is 2.44. The molecule has 0 aliphatic heterocycles. The Hall–Kier alpha value is -0.990. The van der Waals surface area contributed by atoms with Crippen molar-refractivity contribution in [1.82, 2.24) is 14.1 Å². The van der Waals surface area contributed by atoms with E-state index in [0.29, 0.717) is 11.4 Å². The van der Waals surface area contributed by atoms with Crippen molar-refractivity contribution >= 4 is 27.2 Å². The number of aryl methyl sites for hydroxylation is 1. The monoisotopic (exact) mass is 290 g/mol. The van der Waals surface area contributed by atoms with Crippen molar-refractivity contribution in [2.45, 2.75) is 31.2 Å². The lowest BCUT2D eigenvalue weighted by atomic mass is 10.3. The van der Waals surface area contributed by atoms with Crippen molar-refractivity contribution in [2.75, 3.05) is 6.54 Å². The molecule has 0 saturated heterocycles. The molecule has 0 spiro atoms. The van der Waals surface area contributed by atoms with Gasteiger partial charge in [-0.3, -0.25) is 4.68 Å². The number of nitrogens with two attached hydrogens (primary N) is 1. The summed E-state index contributed by atoms with van der Waals surface area (Å²) in [5, 5.41) is 3.88. The fraction of sp³-hybridized carbons (Fsp3) is 0.600. The van der Waals surface area contributed by atoms with Crippen molar-refractivity contribution in [3.05, 3.63) is 12.4 Å². The van der Waals surface area contributed by atoms with E-state index in [0.717, 1.165) is 0 Å². The molecule has 0 bridgehead atoms. The van der Waals surface area contributed by atoms with Gasteiger partial charge in [-0.15, -0.1) is 0 Å². The Labute approximate surface area is 113 Å². The third kappa shape index (κ3) is 3.50. The molecular weight excluding hydrogens is 272 g/mol. The number of hydrogen-bond acceptors (Lipinski definition) is 4. The van der Waals surface area contributed by atoms with Gasteiger partial charge >= 0.3 is 0 Å². The van der Waals surface area contributed by atoms with Crippen molar-refractivity contribution in [2.24, 2.45) is 12.8 Å². The normalized spacial score (nSPS) is 12.3. The molecule has 8 heteroatoms. The van der Waals surface area contributed by atoms with Crippen molar-refractivity contribution < 1.29 is 8.42 Å². The van der Waals surface area contributed by atoms with Crippen LogP contribution in [0.5, 0.6) is 0 Å². The zero-order chi connectivity index (χ0) is 13.9. The number of thiocarbonyl (C=S) groups is 1. The second kappa shape index (κ2) is 5.77. The molecule has 2 N–H and O–H groups in total. The van der Waals surface area contributed by atoms with Crippen LogP contribution in [0.3, 0.4) is 0 Å². The number of hydrogen-bond donors (Lipinski definition) is 1. The average Bonchev–Trinajstić information content (AvgIpc) is 2.64. The highest BCUT2D eigenvalue weighted by Crippen LogP contribution is 2.17. The minimum Gasteiger partial charge on any atom is -0.393 e. The fourth-order valence-electron chi connectivity index (χ4n) is 1.54. The second-order valence-corrected chi connectivity index (χ2v) is 6.69. The first-order valence-electron chi connectivity index (χ1n) is 5.54. The van der Waals surface area contributed by atoms with E-state index in [1.54, 1.807) is 7.05 Å². The smallest absolute Gasteiger partial charge is 0.246 e. The predicted molar refractivity (Wildman–Crippen MR) is 73.6 cm³/mol. The third-order valence-corrected chi connectivity index (χ3v) is 4.67.